The van der Waals surface area contributed by atoms with E-state index in [4.69, 9.17) is 5.73 Å². The average Bonchev–Trinajstić information content (AvgIpc) is 3.20. The summed E-state index contributed by atoms with van der Waals surface area (Å²) >= 11 is 0. The normalized spacial score (nSPS) is 12.1. The van der Waals surface area contributed by atoms with E-state index in [9.17, 15) is 44.0 Å². The molecule has 0 amide bonds. The van der Waals surface area contributed by atoms with Crippen molar-refractivity contribution in [1.29, 1.82) is 0 Å². The molecule has 23 heteroatoms. The molecule has 64 heavy (non-hydrogen) atoms. The number of nitrogen functional groups attached to an aromatic ring is 1. The monoisotopic (exact) mass is 943 g/mol. The van der Waals surface area contributed by atoms with Crippen LogP contribution in [-0.4, -0.2) is 44.0 Å². The van der Waals surface area contributed by atoms with Crippen molar-refractivity contribution in [3.05, 3.63) is 127 Å². The summed E-state index contributed by atoms with van der Waals surface area (Å²) < 4.78 is 109. The fourth-order valence-corrected chi connectivity index (χ4v) is 8.84. The van der Waals surface area contributed by atoms with E-state index in [1.807, 2.05) is 6.07 Å². The van der Waals surface area contributed by atoms with Crippen molar-refractivity contribution in [2.45, 2.75) is 21.6 Å². The van der Waals surface area contributed by atoms with Gasteiger partial charge in [0.25, 0.3) is 0 Å². The molecule has 0 saturated carbocycles. The zero-order valence-corrected chi connectivity index (χ0v) is 42.7. The third-order valence-corrected chi connectivity index (χ3v) is 12.4. The van der Waals surface area contributed by atoms with E-state index in [0.29, 0.717) is 55.5 Å². The predicted molar refractivity (Wildman–Crippen MR) is 226 cm³/mol. The summed E-state index contributed by atoms with van der Waals surface area (Å²) in [5.74, 6) is -0.0515. The van der Waals surface area contributed by atoms with E-state index in [2.05, 4.69) is 31.3 Å². The molecule has 0 aliphatic heterocycles. The number of azo groups is 2. The second-order valence-corrected chi connectivity index (χ2v) is 17.8. The van der Waals surface area contributed by atoms with E-state index in [1.165, 1.54) is 18.2 Å². The first kappa shape index (κ1) is 50.9. The quantitative estimate of drug-likeness (QED) is 0.0348. The largest absolute Gasteiger partial charge is 1.00 e. The number of rotatable bonds is 10. The second kappa shape index (κ2) is 19.8. The first-order chi connectivity index (χ1) is 28.9. The Morgan fingerprint density at radius 2 is 1.08 bits per heavy atom. The van der Waals surface area contributed by atoms with Crippen LogP contribution in [0.4, 0.5) is 39.8 Å². The van der Waals surface area contributed by atoms with Gasteiger partial charge in [0, 0.05) is 43.4 Å². The minimum absolute atomic E-state index is 0. The third-order valence-electron chi connectivity index (χ3n) is 9.77. The molecule has 0 spiro atoms. The molecule has 8 rings (SSSR count). The number of aromatic hydroxyl groups is 1. The van der Waals surface area contributed by atoms with Crippen LogP contribution in [0.2, 0.25) is 0 Å². The van der Waals surface area contributed by atoms with Crippen LogP contribution in [-0.2, 0) is 30.4 Å². The number of aryl methyl sites for hydroxylation is 1. The molecule has 0 fully saturated rings. The molecule has 5 N–H and O–H groups in total. The van der Waals surface area contributed by atoms with E-state index in [-0.39, 0.29) is 122 Å². The molecule has 0 aliphatic rings. The molecule has 0 bridgehead atoms. The van der Waals surface area contributed by atoms with Crippen molar-refractivity contribution in [2.24, 2.45) is 20.5 Å². The Balaban J connectivity index is 0.00000257. The number of nitrogens with zero attached hydrogens (tertiary/aromatic N) is 4. The molecule has 0 aromatic heterocycles. The van der Waals surface area contributed by atoms with Crippen LogP contribution in [0, 0.1) is 6.92 Å². The van der Waals surface area contributed by atoms with Gasteiger partial charge >= 0.3 is 88.7 Å². The maximum absolute atomic E-state index is 12.2. The average molecular weight is 944 g/mol. The molecule has 8 aromatic rings. The van der Waals surface area contributed by atoms with Crippen LogP contribution in [0.25, 0.3) is 43.1 Å². The van der Waals surface area contributed by atoms with Crippen molar-refractivity contribution < 1.29 is 133 Å². The summed E-state index contributed by atoms with van der Waals surface area (Å²) in [6.45, 7) is 1.78. The van der Waals surface area contributed by atoms with Gasteiger partial charge < -0.3 is 29.9 Å². The standard InChI is InChI=1S/C41H31N7O10S3.3Na/c1-22-17-23-18-24(42)9-11-27(23)41(49)40(22)48-47-37-16-15-36(30-12-10-26(21-32(30)37)59(50,51)52)46-45-35-14-13-34(28-5-2-3-6-29(28)35)44-43-25-19-33-31(39(20-25)61(56,57)58)7-4-8-38(33)60(53,54)55;;;/h2-21,47-49H,42H2,1H3,(H,50,51,52)(H,53,54,55)(H,56,57,58);;;/q;3*+1/p-3. The van der Waals surface area contributed by atoms with Gasteiger partial charge in [-0.2, -0.15) is 5.11 Å². The first-order valence-corrected chi connectivity index (χ1v) is 22.0. The van der Waals surface area contributed by atoms with Gasteiger partial charge in [0.15, 0.2) is 0 Å². The van der Waals surface area contributed by atoms with Crippen molar-refractivity contribution in [3.8, 4) is 5.75 Å². The maximum Gasteiger partial charge on any atom is 1.00 e. The Hall–Kier alpha value is -4.07. The summed E-state index contributed by atoms with van der Waals surface area (Å²) in [6.07, 6.45) is 0. The summed E-state index contributed by atoms with van der Waals surface area (Å²) in [7, 11) is -15.1. The number of nitrogens with one attached hydrogen (secondary N) is 2. The molecule has 0 atom stereocenters. The fraction of sp³-hybridized carbons (Fsp3) is 0.0244. The van der Waals surface area contributed by atoms with Gasteiger partial charge in [0.2, 0.25) is 0 Å². The Labute approximate surface area is 432 Å². The number of hydrogen-bond acceptors (Lipinski definition) is 17. The van der Waals surface area contributed by atoms with Crippen molar-refractivity contribution >= 4 is 113 Å². The van der Waals surface area contributed by atoms with Crippen LogP contribution in [0.3, 0.4) is 0 Å². The molecular weight excluding hydrogens is 916 g/mol. The van der Waals surface area contributed by atoms with Crippen LogP contribution >= 0.6 is 0 Å². The Bertz CT molecular complexity index is 3580. The Morgan fingerprint density at radius 3 is 1.69 bits per heavy atom. The number of anilines is 3. The maximum atomic E-state index is 12.2. The predicted octanol–water partition coefficient (Wildman–Crippen LogP) is -0.110. The number of fused-ring (bicyclic) bond motifs is 4. The summed E-state index contributed by atoms with van der Waals surface area (Å²) in [4.78, 5) is -2.00. The van der Waals surface area contributed by atoms with Crippen LogP contribution in [0.5, 0.6) is 5.75 Å². The van der Waals surface area contributed by atoms with Gasteiger partial charge in [-0.15, -0.1) is 15.3 Å². The van der Waals surface area contributed by atoms with Gasteiger partial charge in [0.05, 0.1) is 48.8 Å². The Morgan fingerprint density at radius 1 is 0.516 bits per heavy atom. The molecule has 0 heterocycles. The molecule has 308 valence electrons. The molecule has 8 aromatic carbocycles. The van der Waals surface area contributed by atoms with Gasteiger partial charge in [-0.1, -0.05) is 42.5 Å². The number of hydrazine groups is 1. The van der Waals surface area contributed by atoms with E-state index in [1.54, 1.807) is 73.7 Å². The molecule has 17 nitrogen and oxygen atoms in total. The third kappa shape index (κ3) is 10.5. The van der Waals surface area contributed by atoms with Gasteiger partial charge in [0.1, 0.15) is 36.1 Å². The van der Waals surface area contributed by atoms with Crippen LogP contribution < -0.4 is 105 Å². The van der Waals surface area contributed by atoms with E-state index >= 15 is 0 Å². The van der Waals surface area contributed by atoms with Crippen molar-refractivity contribution in [1.82, 2.24) is 0 Å². The van der Waals surface area contributed by atoms with Gasteiger partial charge in [-0.05, 0) is 96.7 Å². The van der Waals surface area contributed by atoms with Crippen LogP contribution in [0.15, 0.2) is 156 Å². The molecule has 0 unspecified atom stereocenters. The number of phenolic OH excluding ortho intramolecular Hbond substituents is 1. The molecular formula is C41H28N7Na3O10S3. The minimum atomic E-state index is -5.15. The zero-order valence-electron chi connectivity index (χ0n) is 34.3. The SMILES string of the molecule is Cc1cc2cc(N)ccc2c(O)c1NNc1ccc(N=Nc2ccc(N=Nc3cc(S(=O)(=O)[O-])c4cccc(S(=O)(=O)[O-])c4c3)c3ccccc23)c2ccc(S(=O)(=O)[O-])cc12.[Na+].[Na+].[Na+]. The Kier molecular flexibility index (Phi) is 15.8. The smallest absolute Gasteiger partial charge is 0.744 e. The molecule has 0 radical (unpaired) electrons. The van der Waals surface area contributed by atoms with Gasteiger partial charge in [-0.25, -0.2) is 25.3 Å². The van der Waals surface area contributed by atoms with Crippen molar-refractivity contribution in [2.75, 3.05) is 16.6 Å². The number of phenols is 1. The first-order valence-electron chi connectivity index (χ1n) is 17.8. The molecule has 0 aliphatic carbocycles. The summed E-state index contributed by atoms with van der Waals surface area (Å²) in [5, 5.41) is 30.9. The number of hydrogen-bond donors (Lipinski definition) is 4. The van der Waals surface area contributed by atoms with Crippen molar-refractivity contribution in [3.63, 3.8) is 0 Å². The second-order valence-electron chi connectivity index (χ2n) is 13.7. The van der Waals surface area contributed by atoms with E-state index < -0.39 is 45.0 Å². The van der Waals surface area contributed by atoms with Gasteiger partial charge in [-0.3, -0.25) is 5.43 Å². The number of benzene rings is 8. The summed E-state index contributed by atoms with van der Waals surface area (Å²) in [6, 6.07) is 29.3. The minimum Gasteiger partial charge on any atom is -0.744 e. The fourth-order valence-electron chi connectivity index (χ4n) is 6.95. The zero-order chi connectivity index (χ0) is 43.4. The topological polar surface area (TPSA) is 291 Å². The number of nitrogens with two attached hydrogens (primary N) is 1. The molecule has 0 saturated heterocycles. The van der Waals surface area contributed by atoms with E-state index in [0.717, 1.165) is 35.7 Å². The summed E-state index contributed by atoms with van der Waals surface area (Å²) in [5.41, 5.74) is 14.5. The van der Waals surface area contributed by atoms with Crippen LogP contribution in [0.1, 0.15) is 5.56 Å².